The van der Waals surface area contributed by atoms with E-state index in [9.17, 15) is 4.79 Å². The molecule has 0 aliphatic heterocycles. The van der Waals surface area contributed by atoms with Gasteiger partial charge in [-0.1, -0.05) is 29.4 Å². The molecule has 3 aliphatic rings. The first-order chi connectivity index (χ1) is 12.8. The Morgan fingerprint density at radius 1 is 1.00 bits per heavy atom. The molecule has 0 amide bonds. The lowest BCUT2D eigenvalue weighted by atomic mass is 9.96. The SMILES string of the molecule is O=C1CCC(OCc2c(-c3ccccc3C3CC3)noc2C2CC2)CC1. The molecule has 1 heterocycles. The summed E-state index contributed by atoms with van der Waals surface area (Å²) in [6, 6.07) is 8.61. The van der Waals surface area contributed by atoms with E-state index in [1.807, 2.05) is 0 Å². The Kier molecular flexibility index (Phi) is 4.16. The van der Waals surface area contributed by atoms with Crippen LogP contribution >= 0.6 is 0 Å². The third-order valence-corrected chi connectivity index (χ3v) is 5.95. The van der Waals surface area contributed by atoms with Crippen LogP contribution in [0.5, 0.6) is 0 Å². The van der Waals surface area contributed by atoms with Crippen LogP contribution in [0.4, 0.5) is 0 Å². The van der Waals surface area contributed by atoms with Crippen LogP contribution in [0, 0.1) is 0 Å². The van der Waals surface area contributed by atoms with E-state index < -0.39 is 0 Å². The van der Waals surface area contributed by atoms with Gasteiger partial charge < -0.3 is 9.26 Å². The highest BCUT2D eigenvalue weighted by Gasteiger charge is 2.34. The van der Waals surface area contributed by atoms with Crippen LogP contribution in [0.2, 0.25) is 0 Å². The molecule has 5 rings (SSSR count). The van der Waals surface area contributed by atoms with Crippen molar-refractivity contribution in [1.82, 2.24) is 5.16 Å². The molecule has 4 nitrogen and oxygen atoms in total. The normalized spacial score (nSPS) is 21.3. The van der Waals surface area contributed by atoms with Gasteiger partial charge in [0.05, 0.1) is 12.7 Å². The van der Waals surface area contributed by atoms with Crippen molar-refractivity contribution in [3.63, 3.8) is 0 Å². The first kappa shape index (κ1) is 16.2. The monoisotopic (exact) mass is 351 g/mol. The van der Waals surface area contributed by atoms with Crippen LogP contribution in [0.3, 0.4) is 0 Å². The topological polar surface area (TPSA) is 52.3 Å². The highest BCUT2D eigenvalue weighted by atomic mass is 16.5. The fourth-order valence-electron chi connectivity index (χ4n) is 4.08. The van der Waals surface area contributed by atoms with E-state index in [-0.39, 0.29) is 6.10 Å². The fraction of sp³-hybridized carbons (Fsp3) is 0.545. The number of carbonyl (C=O) groups excluding carboxylic acids is 1. The summed E-state index contributed by atoms with van der Waals surface area (Å²) in [5, 5.41) is 4.49. The highest BCUT2D eigenvalue weighted by molar-refractivity contribution is 5.79. The maximum absolute atomic E-state index is 11.5. The molecule has 0 N–H and O–H groups in total. The number of carbonyl (C=O) groups is 1. The van der Waals surface area contributed by atoms with Gasteiger partial charge in [0.2, 0.25) is 0 Å². The van der Waals surface area contributed by atoms with E-state index in [4.69, 9.17) is 9.26 Å². The van der Waals surface area contributed by atoms with E-state index in [2.05, 4.69) is 29.4 Å². The van der Waals surface area contributed by atoms with E-state index >= 15 is 0 Å². The maximum Gasteiger partial charge on any atom is 0.145 e. The van der Waals surface area contributed by atoms with E-state index in [1.54, 1.807) is 0 Å². The van der Waals surface area contributed by atoms with E-state index in [0.29, 0.717) is 37.1 Å². The van der Waals surface area contributed by atoms with Crippen molar-refractivity contribution in [2.24, 2.45) is 0 Å². The lowest BCUT2D eigenvalue weighted by Gasteiger charge is -2.21. The number of Topliss-reactive ketones (excluding diaryl/α,β-unsaturated/α-hetero) is 1. The van der Waals surface area contributed by atoms with Gasteiger partial charge in [0.15, 0.2) is 0 Å². The summed E-state index contributed by atoms with van der Waals surface area (Å²) in [7, 11) is 0. The number of hydrogen-bond donors (Lipinski definition) is 0. The van der Waals surface area contributed by atoms with Crippen molar-refractivity contribution >= 4 is 5.78 Å². The largest absolute Gasteiger partial charge is 0.373 e. The summed E-state index contributed by atoms with van der Waals surface area (Å²) in [6.07, 6.45) is 8.09. The predicted octanol–water partition coefficient (Wildman–Crippen LogP) is 5.12. The molecule has 1 aromatic carbocycles. The summed E-state index contributed by atoms with van der Waals surface area (Å²) < 4.78 is 12.0. The standard InChI is InChI=1S/C22H25NO3/c24-16-9-11-17(12-10-16)25-13-20-21(23-26-22(20)15-7-8-15)19-4-2-1-3-18(19)14-5-6-14/h1-4,14-15,17H,5-13H2. The van der Waals surface area contributed by atoms with Crippen LogP contribution in [0.25, 0.3) is 11.3 Å². The van der Waals surface area contributed by atoms with Crippen LogP contribution in [-0.2, 0) is 16.1 Å². The number of rotatable bonds is 6. The second-order valence-electron chi connectivity index (χ2n) is 8.06. The molecule has 0 spiro atoms. The van der Waals surface area contributed by atoms with E-state index in [0.717, 1.165) is 29.9 Å². The number of nitrogens with zero attached hydrogens (tertiary/aromatic N) is 1. The van der Waals surface area contributed by atoms with Gasteiger partial charge in [0.25, 0.3) is 0 Å². The molecule has 3 aliphatic carbocycles. The molecule has 0 radical (unpaired) electrons. The second kappa shape index (κ2) is 6.66. The lowest BCUT2D eigenvalue weighted by Crippen LogP contribution is -2.21. The number of benzene rings is 1. The molecule has 0 bridgehead atoms. The van der Waals surface area contributed by atoms with Crippen molar-refractivity contribution < 1.29 is 14.1 Å². The highest BCUT2D eigenvalue weighted by Crippen LogP contribution is 2.48. The number of ketones is 1. The van der Waals surface area contributed by atoms with Gasteiger partial charge in [-0.2, -0.15) is 0 Å². The summed E-state index contributed by atoms with van der Waals surface area (Å²) in [4.78, 5) is 11.5. The Hall–Kier alpha value is -1.94. The first-order valence-corrected chi connectivity index (χ1v) is 10.0. The average molecular weight is 351 g/mol. The summed E-state index contributed by atoms with van der Waals surface area (Å²) >= 11 is 0. The Bertz CT molecular complexity index is 807. The predicted molar refractivity (Wildman–Crippen MR) is 97.9 cm³/mol. The lowest BCUT2D eigenvalue weighted by molar-refractivity contribution is -0.123. The van der Waals surface area contributed by atoms with Gasteiger partial charge in [-0.3, -0.25) is 4.79 Å². The van der Waals surface area contributed by atoms with Crippen LogP contribution in [-0.4, -0.2) is 17.0 Å². The maximum atomic E-state index is 11.5. The van der Waals surface area contributed by atoms with Gasteiger partial charge in [-0.05, 0) is 50.0 Å². The zero-order valence-electron chi connectivity index (χ0n) is 15.1. The van der Waals surface area contributed by atoms with E-state index in [1.165, 1.54) is 36.8 Å². The zero-order valence-corrected chi connectivity index (χ0v) is 15.1. The van der Waals surface area contributed by atoms with Gasteiger partial charge in [0, 0.05) is 29.9 Å². The van der Waals surface area contributed by atoms with Gasteiger partial charge in [0.1, 0.15) is 17.2 Å². The third kappa shape index (κ3) is 3.23. The molecule has 2 aromatic rings. The third-order valence-electron chi connectivity index (χ3n) is 5.95. The molecular weight excluding hydrogens is 326 g/mol. The molecule has 0 saturated heterocycles. The summed E-state index contributed by atoms with van der Waals surface area (Å²) in [6.45, 7) is 0.544. The van der Waals surface area contributed by atoms with Crippen LogP contribution in [0.1, 0.15) is 80.1 Å². The average Bonchev–Trinajstić information content (AvgIpc) is 3.59. The van der Waals surface area contributed by atoms with Gasteiger partial charge in [-0.25, -0.2) is 0 Å². The van der Waals surface area contributed by atoms with Gasteiger partial charge in [-0.15, -0.1) is 0 Å². The number of ether oxygens (including phenoxy) is 1. The molecular formula is C22H25NO3. The Morgan fingerprint density at radius 3 is 2.46 bits per heavy atom. The number of aromatic nitrogens is 1. The summed E-state index contributed by atoms with van der Waals surface area (Å²) in [5.74, 6) is 2.58. The Morgan fingerprint density at radius 2 is 1.73 bits per heavy atom. The Balaban J connectivity index is 1.42. The fourth-order valence-corrected chi connectivity index (χ4v) is 4.08. The molecule has 136 valence electrons. The molecule has 1 aromatic heterocycles. The quantitative estimate of drug-likeness (QED) is 0.724. The molecule has 4 heteroatoms. The smallest absolute Gasteiger partial charge is 0.145 e. The van der Waals surface area contributed by atoms with Crippen molar-refractivity contribution in [3.05, 3.63) is 41.2 Å². The molecule has 3 fully saturated rings. The number of hydrogen-bond acceptors (Lipinski definition) is 4. The summed E-state index contributed by atoms with van der Waals surface area (Å²) in [5.41, 5.74) is 4.72. The van der Waals surface area contributed by atoms with Crippen LogP contribution in [0.15, 0.2) is 28.8 Å². The molecule has 0 unspecified atom stereocenters. The van der Waals surface area contributed by atoms with Crippen molar-refractivity contribution in [1.29, 1.82) is 0 Å². The van der Waals surface area contributed by atoms with Crippen LogP contribution < -0.4 is 0 Å². The molecule has 26 heavy (non-hydrogen) atoms. The minimum atomic E-state index is 0.182. The zero-order chi connectivity index (χ0) is 17.5. The minimum Gasteiger partial charge on any atom is -0.373 e. The Labute approximate surface area is 153 Å². The van der Waals surface area contributed by atoms with Crippen molar-refractivity contribution in [2.45, 2.75) is 75.9 Å². The van der Waals surface area contributed by atoms with Crippen molar-refractivity contribution in [2.75, 3.05) is 0 Å². The first-order valence-electron chi connectivity index (χ1n) is 10.0. The molecule has 3 saturated carbocycles. The minimum absolute atomic E-state index is 0.182. The van der Waals surface area contributed by atoms with Crippen molar-refractivity contribution in [3.8, 4) is 11.3 Å². The molecule has 0 atom stereocenters. The van der Waals surface area contributed by atoms with Gasteiger partial charge >= 0.3 is 0 Å². The second-order valence-corrected chi connectivity index (χ2v) is 8.06.